The predicted molar refractivity (Wildman–Crippen MR) is 101 cm³/mol. The van der Waals surface area contributed by atoms with Gasteiger partial charge in [0.25, 0.3) is 5.91 Å². The first-order chi connectivity index (χ1) is 12.5. The Balaban J connectivity index is 1.90. The minimum atomic E-state index is -0.135. The lowest BCUT2D eigenvalue weighted by atomic mass is 9.86. The molecule has 0 aromatic heterocycles. The van der Waals surface area contributed by atoms with Crippen LogP contribution in [0.25, 0.3) is 0 Å². The van der Waals surface area contributed by atoms with Gasteiger partial charge in [-0.05, 0) is 50.7 Å². The molecule has 7 heteroatoms. The van der Waals surface area contributed by atoms with Crippen LogP contribution in [-0.4, -0.2) is 44.5 Å². The van der Waals surface area contributed by atoms with Gasteiger partial charge in [-0.15, -0.1) is 11.6 Å². The average molecular weight is 383 g/mol. The van der Waals surface area contributed by atoms with E-state index < -0.39 is 0 Å². The van der Waals surface area contributed by atoms with Gasteiger partial charge in [0, 0.05) is 23.7 Å². The Morgan fingerprint density at radius 3 is 2.19 bits per heavy atom. The summed E-state index contributed by atoms with van der Waals surface area (Å²) in [6, 6.07) is 3.61. The fraction of sp³-hybridized carbons (Fsp3) is 0.579. The van der Waals surface area contributed by atoms with Gasteiger partial charge in [-0.2, -0.15) is 0 Å². The Morgan fingerprint density at radius 1 is 1.12 bits per heavy atom. The number of amides is 2. The molecule has 1 aromatic carbocycles. The van der Waals surface area contributed by atoms with Crippen LogP contribution in [0.15, 0.2) is 12.1 Å². The Morgan fingerprint density at radius 2 is 1.69 bits per heavy atom. The minimum Gasteiger partial charge on any atom is -0.496 e. The number of carbonyl (C=O) groups excluding carboxylic acids is 2. The molecule has 0 heterocycles. The molecule has 1 aromatic rings. The number of rotatable bonds is 7. The summed E-state index contributed by atoms with van der Waals surface area (Å²) < 4.78 is 10.7. The molecule has 0 bridgehead atoms. The molecule has 2 rings (SSSR count). The van der Waals surface area contributed by atoms with Crippen molar-refractivity contribution < 1.29 is 19.1 Å². The van der Waals surface area contributed by atoms with Gasteiger partial charge in [0.1, 0.15) is 17.4 Å². The van der Waals surface area contributed by atoms with Gasteiger partial charge >= 0.3 is 0 Å². The molecule has 2 amide bonds. The Bertz CT molecular complexity index is 617. The van der Waals surface area contributed by atoms with Crippen molar-refractivity contribution in [1.29, 1.82) is 0 Å². The van der Waals surface area contributed by atoms with Crippen molar-refractivity contribution in [3.05, 3.63) is 23.3 Å². The molecular weight excluding hydrogens is 356 g/mol. The van der Waals surface area contributed by atoms with E-state index in [4.69, 9.17) is 21.1 Å². The number of hydrogen-bond acceptors (Lipinski definition) is 4. The van der Waals surface area contributed by atoms with Crippen molar-refractivity contribution in [2.75, 3.05) is 26.6 Å². The number of alkyl halides is 1. The molecule has 1 fully saturated rings. The van der Waals surface area contributed by atoms with Crippen LogP contribution >= 0.6 is 11.6 Å². The highest BCUT2D eigenvalue weighted by Gasteiger charge is 2.23. The summed E-state index contributed by atoms with van der Waals surface area (Å²) in [6.45, 7) is 2.54. The summed E-state index contributed by atoms with van der Waals surface area (Å²) in [5.41, 5.74) is 1.40. The third-order valence-electron chi connectivity index (χ3n) is 4.91. The largest absolute Gasteiger partial charge is 0.496 e. The number of methoxy groups -OCH3 is 2. The van der Waals surface area contributed by atoms with Gasteiger partial charge in [0.05, 0.1) is 14.2 Å². The zero-order valence-electron chi connectivity index (χ0n) is 15.6. The number of benzene rings is 1. The molecule has 1 saturated carbocycles. The van der Waals surface area contributed by atoms with Crippen LogP contribution in [-0.2, 0) is 4.79 Å². The van der Waals surface area contributed by atoms with Crippen molar-refractivity contribution in [2.45, 2.75) is 38.6 Å². The van der Waals surface area contributed by atoms with Crippen molar-refractivity contribution in [3.8, 4) is 11.5 Å². The van der Waals surface area contributed by atoms with E-state index in [1.165, 1.54) is 0 Å². The van der Waals surface area contributed by atoms with E-state index in [1.807, 2.05) is 6.92 Å². The third kappa shape index (κ3) is 5.27. The summed E-state index contributed by atoms with van der Waals surface area (Å²) in [4.78, 5) is 23.8. The van der Waals surface area contributed by atoms with Gasteiger partial charge in [0.2, 0.25) is 5.91 Å². The van der Waals surface area contributed by atoms with E-state index in [0.29, 0.717) is 29.5 Å². The van der Waals surface area contributed by atoms with Crippen molar-refractivity contribution in [1.82, 2.24) is 10.6 Å². The van der Waals surface area contributed by atoms with E-state index >= 15 is 0 Å². The standard InChI is InChI=1S/C19H27ClN2O4/c1-12-16(25-2)8-14(9-17(12)26-3)19(24)22-15-6-4-13(5-7-15)11-21-18(23)10-20/h8-9,13,15H,4-7,10-11H2,1-3H3,(H,21,23)(H,22,24). The highest BCUT2D eigenvalue weighted by Crippen LogP contribution is 2.30. The lowest BCUT2D eigenvalue weighted by Crippen LogP contribution is -2.39. The summed E-state index contributed by atoms with van der Waals surface area (Å²) in [6.07, 6.45) is 3.72. The molecule has 0 saturated heterocycles. The van der Waals surface area contributed by atoms with E-state index in [9.17, 15) is 9.59 Å². The number of ether oxygens (including phenoxy) is 2. The fourth-order valence-electron chi connectivity index (χ4n) is 3.30. The lowest BCUT2D eigenvalue weighted by Gasteiger charge is -2.29. The molecule has 0 radical (unpaired) electrons. The molecule has 6 nitrogen and oxygen atoms in total. The van der Waals surface area contributed by atoms with E-state index in [0.717, 1.165) is 31.2 Å². The minimum absolute atomic E-state index is 0.00508. The monoisotopic (exact) mass is 382 g/mol. The second-order valence-electron chi connectivity index (χ2n) is 6.63. The van der Waals surface area contributed by atoms with Gasteiger partial charge in [-0.25, -0.2) is 0 Å². The zero-order chi connectivity index (χ0) is 19.1. The zero-order valence-corrected chi connectivity index (χ0v) is 16.3. The second kappa shape index (κ2) is 9.67. The first-order valence-corrected chi connectivity index (χ1v) is 9.38. The van der Waals surface area contributed by atoms with Crippen molar-refractivity contribution in [2.24, 2.45) is 5.92 Å². The Kier molecular flexibility index (Phi) is 7.57. The summed E-state index contributed by atoms with van der Waals surface area (Å²) in [5.74, 6) is 1.44. The molecular formula is C19H27ClN2O4. The highest BCUT2D eigenvalue weighted by molar-refractivity contribution is 6.27. The third-order valence-corrected chi connectivity index (χ3v) is 5.15. The van der Waals surface area contributed by atoms with Gasteiger partial charge < -0.3 is 20.1 Å². The maximum absolute atomic E-state index is 12.6. The SMILES string of the molecule is COc1cc(C(=O)NC2CCC(CNC(=O)CCl)CC2)cc(OC)c1C. The van der Waals surface area contributed by atoms with Crippen LogP contribution in [0.1, 0.15) is 41.6 Å². The maximum atomic E-state index is 12.6. The van der Waals surface area contributed by atoms with Crippen molar-refractivity contribution >= 4 is 23.4 Å². The Labute approximate surface area is 159 Å². The molecule has 0 atom stereocenters. The van der Waals surface area contributed by atoms with Crippen LogP contribution in [0.5, 0.6) is 11.5 Å². The summed E-state index contributed by atoms with van der Waals surface area (Å²) in [5, 5.41) is 5.92. The quantitative estimate of drug-likeness (QED) is 0.711. The number of hydrogen-bond donors (Lipinski definition) is 2. The second-order valence-corrected chi connectivity index (χ2v) is 6.90. The Hall–Kier alpha value is -1.95. The van der Waals surface area contributed by atoms with Gasteiger partial charge in [-0.1, -0.05) is 0 Å². The first kappa shape index (κ1) is 20.4. The topological polar surface area (TPSA) is 76.7 Å². The summed E-state index contributed by atoms with van der Waals surface area (Å²) >= 11 is 5.48. The van der Waals surface area contributed by atoms with E-state index in [1.54, 1.807) is 26.4 Å². The predicted octanol–water partition coefficient (Wildman–Crippen LogP) is 2.66. The molecule has 0 unspecified atom stereocenters. The molecule has 26 heavy (non-hydrogen) atoms. The van der Waals surface area contributed by atoms with E-state index in [2.05, 4.69) is 10.6 Å². The molecule has 2 N–H and O–H groups in total. The molecule has 0 aliphatic heterocycles. The smallest absolute Gasteiger partial charge is 0.251 e. The number of nitrogens with one attached hydrogen (secondary N) is 2. The fourth-order valence-corrected chi connectivity index (χ4v) is 3.40. The normalized spacial score (nSPS) is 19.5. The van der Waals surface area contributed by atoms with Crippen LogP contribution < -0.4 is 20.1 Å². The molecule has 1 aliphatic rings. The molecule has 1 aliphatic carbocycles. The van der Waals surface area contributed by atoms with E-state index in [-0.39, 0.29) is 23.7 Å². The molecule has 144 valence electrons. The van der Waals surface area contributed by atoms with Gasteiger partial charge in [0.15, 0.2) is 0 Å². The van der Waals surface area contributed by atoms with Crippen molar-refractivity contribution in [3.63, 3.8) is 0 Å². The highest BCUT2D eigenvalue weighted by atomic mass is 35.5. The van der Waals surface area contributed by atoms with Crippen LogP contribution in [0.2, 0.25) is 0 Å². The van der Waals surface area contributed by atoms with Crippen LogP contribution in [0, 0.1) is 12.8 Å². The molecule has 0 spiro atoms. The number of halogens is 1. The van der Waals surface area contributed by atoms with Crippen LogP contribution in [0.3, 0.4) is 0 Å². The average Bonchev–Trinajstić information content (AvgIpc) is 2.67. The van der Waals surface area contributed by atoms with Crippen LogP contribution in [0.4, 0.5) is 0 Å². The number of carbonyl (C=O) groups is 2. The van der Waals surface area contributed by atoms with Gasteiger partial charge in [-0.3, -0.25) is 9.59 Å². The summed E-state index contributed by atoms with van der Waals surface area (Å²) in [7, 11) is 3.15. The maximum Gasteiger partial charge on any atom is 0.251 e. The lowest BCUT2D eigenvalue weighted by molar-refractivity contribution is -0.118. The first-order valence-electron chi connectivity index (χ1n) is 8.84.